The van der Waals surface area contributed by atoms with E-state index in [-0.39, 0.29) is 17.8 Å². The third kappa shape index (κ3) is 4.18. The lowest BCUT2D eigenvalue weighted by Gasteiger charge is -2.23. The van der Waals surface area contributed by atoms with Gasteiger partial charge in [-0.1, -0.05) is 49.4 Å². The van der Waals surface area contributed by atoms with Gasteiger partial charge in [0.1, 0.15) is 5.75 Å². The zero-order chi connectivity index (χ0) is 18.8. The number of ether oxygens (including phenoxy) is 2. The van der Waals surface area contributed by atoms with E-state index in [4.69, 9.17) is 9.47 Å². The van der Waals surface area contributed by atoms with Crippen LogP contribution in [0.4, 0.5) is 0 Å². The molecule has 2 saturated carbocycles. The van der Waals surface area contributed by atoms with E-state index >= 15 is 0 Å². The fourth-order valence-corrected chi connectivity index (χ4v) is 4.31. The predicted octanol–water partition coefficient (Wildman–Crippen LogP) is 5.17. The summed E-state index contributed by atoms with van der Waals surface area (Å²) in [5.74, 6) is 2.70. The van der Waals surface area contributed by atoms with Crippen molar-refractivity contribution >= 4 is 5.97 Å². The standard InChI is InChI=1S/C24H28O3/c1-16(24(25)26-2)23(18-11-12-18)19-9-6-10-21(13-19)27-15-20-14-22(20)17-7-4-3-5-8-17/h3-10,13,16,18,20,22-23H,11-12,14-15H2,1-2H3/t16-,20?,22?,23-/m0/s1. The summed E-state index contributed by atoms with van der Waals surface area (Å²) in [5, 5.41) is 0. The number of hydrogen-bond acceptors (Lipinski definition) is 3. The molecule has 0 N–H and O–H groups in total. The van der Waals surface area contributed by atoms with Crippen LogP contribution in [0.25, 0.3) is 0 Å². The number of rotatable bonds is 8. The largest absolute Gasteiger partial charge is 0.493 e. The molecule has 0 aliphatic heterocycles. The van der Waals surface area contributed by atoms with Crippen LogP contribution in [-0.2, 0) is 9.53 Å². The average Bonchev–Trinajstić information content (AvgIpc) is 3.62. The molecule has 0 aromatic heterocycles. The Balaban J connectivity index is 1.40. The lowest BCUT2D eigenvalue weighted by Crippen LogP contribution is -2.22. The Hall–Kier alpha value is -2.29. The van der Waals surface area contributed by atoms with E-state index in [0.717, 1.165) is 12.4 Å². The number of hydrogen-bond donors (Lipinski definition) is 0. The van der Waals surface area contributed by atoms with Crippen LogP contribution in [0, 0.1) is 17.8 Å². The first-order chi connectivity index (χ1) is 13.2. The summed E-state index contributed by atoms with van der Waals surface area (Å²) in [6.45, 7) is 2.74. The SMILES string of the molecule is COC(=O)[C@@H](C)[C@H](c1cccc(OCC2CC2c2ccccc2)c1)C1CC1. The van der Waals surface area contributed by atoms with E-state index in [9.17, 15) is 4.79 Å². The topological polar surface area (TPSA) is 35.5 Å². The summed E-state index contributed by atoms with van der Waals surface area (Å²) in [5.41, 5.74) is 2.61. The summed E-state index contributed by atoms with van der Waals surface area (Å²) in [4.78, 5) is 12.1. The van der Waals surface area contributed by atoms with Gasteiger partial charge >= 0.3 is 5.97 Å². The van der Waals surface area contributed by atoms with E-state index in [2.05, 4.69) is 42.5 Å². The first kappa shape index (κ1) is 18.1. The van der Waals surface area contributed by atoms with E-state index in [1.54, 1.807) is 0 Å². The third-order valence-electron chi connectivity index (χ3n) is 6.10. The Bertz CT molecular complexity index is 781. The van der Waals surface area contributed by atoms with Gasteiger partial charge in [0.25, 0.3) is 0 Å². The molecular formula is C24H28O3. The Morgan fingerprint density at radius 3 is 2.59 bits per heavy atom. The maximum absolute atomic E-state index is 12.1. The van der Waals surface area contributed by atoms with Crippen LogP contribution in [-0.4, -0.2) is 19.7 Å². The smallest absolute Gasteiger partial charge is 0.309 e. The van der Waals surface area contributed by atoms with Gasteiger partial charge in [-0.3, -0.25) is 4.79 Å². The molecular weight excluding hydrogens is 336 g/mol. The van der Waals surface area contributed by atoms with Crippen LogP contribution >= 0.6 is 0 Å². The van der Waals surface area contributed by atoms with E-state index in [1.165, 1.54) is 37.5 Å². The summed E-state index contributed by atoms with van der Waals surface area (Å²) >= 11 is 0. The molecule has 3 nitrogen and oxygen atoms in total. The zero-order valence-corrected chi connectivity index (χ0v) is 16.1. The molecule has 4 rings (SSSR count). The van der Waals surface area contributed by atoms with Gasteiger partial charge in [-0.25, -0.2) is 0 Å². The number of carbonyl (C=O) groups is 1. The van der Waals surface area contributed by atoms with Gasteiger partial charge < -0.3 is 9.47 Å². The van der Waals surface area contributed by atoms with E-state index in [0.29, 0.717) is 17.8 Å². The molecule has 2 fully saturated rings. The number of esters is 1. The molecule has 0 bridgehead atoms. The van der Waals surface area contributed by atoms with Gasteiger partial charge in [-0.05, 0) is 60.3 Å². The maximum Gasteiger partial charge on any atom is 0.309 e. The highest BCUT2D eigenvalue weighted by molar-refractivity contribution is 5.73. The molecule has 0 amide bonds. The normalized spacial score (nSPS) is 23.3. The fraction of sp³-hybridized carbons (Fsp3) is 0.458. The molecule has 142 valence electrons. The van der Waals surface area contributed by atoms with Crippen molar-refractivity contribution in [2.24, 2.45) is 17.8 Å². The number of methoxy groups -OCH3 is 1. The summed E-state index contributed by atoms with van der Waals surface area (Å²) in [6, 6.07) is 19.0. The van der Waals surface area contributed by atoms with Crippen molar-refractivity contribution in [3.05, 3.63) is 65.7 Å². The van der Waals surface area contributed by atoms with Crippen molar-refractivity contribution in [1.82, 2.24) is 0 Å². The molecule has 0 saturated heterocycles. The summed E-state index contributed by atoms with van der Waals surface area (Å²) in [7, 11) is 1.47. The van der Waals surface area contributed by atoms with Gasteiger partial charge in [-0.2, -0.15) is 0 Å². The Morgan fingerprint density at radius 1 is 1.11 bits per heavy atom. The molecule has 2 aliphatic rings. The molecule has 4 atom stereocenters. The van der Waals surface area contributed by atoms with E-state index in [1.807, 2.05) is 19.1 Å². The van der Waals surface area contributed by atoms with Crippen molar-refractivity contribution in [1.29, 1.82) is 0 Å². The first-order valence-electron chi connectivity index (χ1n) is 10.0. The van der Waals surface area contributed by atoms with Gasteiger partial charge in [0.2, 0.25) is 0 Å². The highest BCUT2D eigenvalue weighted by Gasteiger charge is 2.40. The molecule has 2 aromatic rings. The molecule has 2 unspecified atom stereocenters. The van der Waals surface area contributed by atoms with Gasteiger partial charge in [0.15, 0.2) is 0 Å². The predicted molar refractivity (Wildman–Crippen MR) is 106 cm³/mol. The highest BCUT2D eigenvalue weighted by Crippen LogP contribution is 2.49. The minimum absolute atomic E-state index is 0.122. The first-order valence-corrected chi connectivity index (χ1v) is 10.0. The molecule has 0 heterocycles. The van der Waals surface area contributed by atoms with Gasteiger partial charge in [-0.15, -0.1) is 0 Å². The fourth-order valence-electron chi connectivity index (χ4n) is 4.31. The number of benzene rings is 2. The van der Waals surface area contributed by atoms with Crippen molar-refractivity contribution < 1.29 is 14.3 Å². The lowest BCUT2D eigenvalue weighted by molar-refractivity contribution is -0.145. The van der Waals surface area contributed by atoms with Crippen molar-refractivity contribution in [2.75, 3.05) is 13.7 Å². The molecule has 3 heteroatoms. The van der Waals surface area contributed by atoms with Crippen molar-refractivity contribution in [3.63, 3.8) is 0 Å². The highest BCUT2D eigenvalue weighted by atomic mass is 16.5. The molecule has 27 heavy (non-hydrogen) atoms. The van der Waals surface area contributed by atoms with Crippen LogP contribution in [0.1, 0.15) is 49.1 Å². The zero-order valence-electron chi connectivity index (χ0n) is 16.1. The second-order valence-electron chi connectivity index (χ2n) is 8.07. The minimum atomic E-state index is -0.123. The second-order valence-corrected chi connectivity index (χ2v) is 8.07. The second kappa shape index (κ2) is 7.75. The average molecular weight is 364 g/mol. The van der Waals surface area contributed by atoms with Crippen LogP contribution in [0.2, 0.25) is 0 Å². The Labute approximate surface area is 161 Å². The third-order valence-corrected chi connectivity index (χ3v) is 6.10. The molecule has 2 aromatic carbocycles. The molecule has 2 aliphatic carbocycles. The summed E-state index contributed by atoms with van der Waals surface area (Å²) in [6.07, 6.45) is 3.59. The summed E-state index contributed by atoms with van der Waals surface area (Å²) < 4.78 is 11.1. The van der Waals surface area contributed by atoms with Gasteiger partial charge in [0.05, 0.1) is 19.6 Å². The Morgan fingerprint density at radius 2 is 1.89 bits per heavy atom. The lowest BCUT2D eigenvalue weighted by atomic mass is 9.83. The minimum Gasteiger partial charge on any atom is -0.493 e. The van der Waals surface area contributed by atoms with Crippen molar-refractivity contribution in [2.45, 2.75) is 38.0 Å². The quantitative estimate of drug-likeness (QED) is 0.606. The van der Waals surface area contributed by atoms with Crippen LogP contribution in [0.3, 0.4) is 0 Å². The number of carbonyl (C=O) groups excluding carboxylic acids is 1. The molecule has 0 radical (unpaired) electrons. The maximum atomic E-state index is 12.1. The van der Waals surface area contributed by atoms with Crippen LogP contribution in [0.5, 0.6) is 5.75 Å². The molecule has 0 spiro atoms. The van der Waals surface area contributed by atoms with Crippen LogP contribution < -0.4 is 4.74 Å². The monoisotopic (exact) mass is 364 g/mol. The van der Waals surface area contributed by atoms with Gasteiger partial charge in [0, 0.05) is 5.92 Å². The van der Waals surface area contributed by atoms with E-state index < -0.39 is 0 Å². The Kier molecular flexibility index (Phi) is 5.20. The van der Waals surface area contributed by atoms with Crippen LogP contribution in [0.15, 0.2) is 54.6 Å². The van der Waals surface area contributed by atoms with Crippen molar-refractivity contribution in [3.8, 4) is 5.75 Å².